The maximum absolute atomic E-state index is 13.4. The monoisotopic (exact) mass is 492 g/mol. The molecule has 2 saturated heterocycles. The summed E-state index contributed by atoms with van der Waals surface area (Å²) in [5.74, 6) is -0.453. The minimum absolute atomic E-state index is 0.0742. The van der Waals surface area contributed by atoms with Crippen LogP contribution in [0.5, 0.6) is 0 Å². The summed E-state index contributed by atoms with van der Waals surface area (Å²) >= 11 is 0. The SMILES string of the molecule is Cc1c([C@@H](C)NC(=O)c2cn(C3CCOCC3)c(=O)cc2NC2CN(C)C2)cccc1C(F)(F)F. The number of aromatic nitrogens is 1. The summed E-state index contributed by atoms with van der Waals surface area (Å²) in [6.45, 7) is 5.71. The Morgan fingerprint density at radius 1 is 1.20 bits per heavy atom. The second-order valence-electron chi connectivity index (χ2n) is 9.47. The van der Waals surface area contributed by atoms with E-state index in [1.807, 2.05) is 7.05 Å². The zero-order chi connectivity index (χ0) is 25.3. The lowest BCUT2D eigenvalue weighted by atomic mass is 9.97. The van der Waals surface area contributed by atoms with Crippen molar-refractivity contribution in [2.75, 3.05) is 38.7 Å². The molecule has 0 bridgehead atoms. The number of halogens is 3. The standard InChI is InChI=1S/C25H31F3N4O3/c1-15-19(5-4-6-21(15)25(26,27)28)16(2)29-24(34)20-14-32(18-7-9-35-10-8-18)23(33)11-22(20)30-17-12-31(3)13-17/h4-6,11,14,16-18,30H,7-10,12-13H2,1-3H3,(H,29,34)/t16-/m1/s1. The van der Waals surface area contributed by atoms with Crippen molar-refractivity contribution in [3.63, 3.8) is 0 Å². The van der Waals surface area contributed by atoms with E-state index < -0.39 is 23.7 Å². The molecular weight excluding hydrogens is 461 g/mol. The highest BCUT2D eigenvalue weighted by atomic mass is 19.4. The maximum atomic E-state index is 13.4. The first-order valence-corrected chi connectivity index (χ1v) is 11.8. The molecule has 4 rings (SSSR count). The number of pyridine rings is 1. The van der Waals surface area contributed by atoms with Crippen molar-refractivity contribution >= 4 is 11.6 Å². The summed E-state index contributed by atoms with van der Waals surface area (Å²) in [7, 11) is 1.98. The maximum Gasteiger partial charge on any atom is 0.416 e. The summed E-state index contributed by atoms with van der Waals surface area (Å²) in [6, 6.07) is 4.78. The Bertz CT molecular complexity index is 1140. The molecule has 2 aromatic rings. The van der Waals surface area contributed by atoms with Gasteiger partial charge in [-0.25, -0.2) is 0 Å². The number of hydrogen-bond acceptors (Lipinski definition) is 5. The molecule has 0 saturated carbocycles. The van der Waals surface area contributed by atoms with Gasteiger partial charge in [0.15, 0.2) is 0 Å². The average molecular weight is 493 g/mol. The number of nitrogens with zero attached hydrogens (tertiary/aromatic N) is 2. The van der Waals surface area contributed by atoms with Crippen molar-refractivity contribution in [3.05, 3.63) is 63.1 Å². The number of nitrogens with one attached hydrogen (secondary N) is 2. The lowest BCUT2D eigenvalue weighted by Gasteiger charge is -2.37. The molecule has 2 aliphatic heterocycles. The zero-order valence-corrected chi connectivity index (χ0v) is 20.1. The molecule has 0 radical (unpaired) electrons. The molecule has 2 N–H and O–H groups in total. The molecule has 1 atom stereocenters. The van der Waals surface area contributed by atoms with Gasteiger partial charge in [0.1, 0.15) is 0 Å². The average Bonchev–Trinajstić information content (AvgIpc) is 2.78. The molecule has 0 spiro atoms. The van der Waals surface area contributed by atoms with Crippen molar-refractivity contribution in [2.24, 2.45) is 0 Å². The number of carbonyl (C=O) groups excluding carboxylic acids is 1. The number of alkyl halides is 3. The third kappa shape index (κ3) is 5.54. The first kappa shape index (κ1) is 25.2. The molecule has 10 heteroatoms. The Balaban J connectivity index is 1.63. The second-order valence-corrected chi connectivity index (χ2v) is 9.47. The second kappa shape index (κ2) is 10.0. The third-order valence-corrected chi connectivity index (χ3v) is 6.83. The van der Waals surface area contributed by atoms with Gasteiger partial charge >= 0.3 is 6.18 Å². The van der Waals surface area contributed by atoms with E-state index in [9.17, 15) is 22.8 Å². The Morgan fingerprint density at radius 2 is 1.89 bits per heavy atom. The Labute approximate surface area is 202 Å². The number of amides is 1. The van der Waals surface area contributed by atoms with Crippen molar-refractivity contribution in [1.29, 1.82) is 0 Å². The van der Waals surface area contributed by atoms with Crippen LogP contribution in [0, 0.1) is 6.92 Å². The van der Waals surface area contributed by atoms with Crippen molar-refractivity contribution < 1.29 is 22.7 Å². The highest BCUT2D eigenvalue weighted by molar-refractivity contribution is 5.99. The lowest BCUT2D eigenvalue weighted by molar-refractivity contribution is -0.138. The normalized spacial score (nSPS) is 18.7. The van der Waals surface area contributed by atoms with Gasteiger partial charge < -0.3 is 24.8 Å². The van der Waals surface area contributed by atoms with E-state index in [0.29, 0.717) is 42.9 Å². The van der Waals surface area contributed by atoms with Gasteiger partial charge in [0.05, 0.1) is 28.9 Å². The summed E-state index contributed by atoms with van der Waals surface area (Å²) in [6.07, 6.45) is -1.57. The number of likely N-dealkylation sites (tertiary alicyclic amines) is 1. The smallest absolute Gasteiger partial charge is 0.381 e. The van der Waals surface area contributed by atoms with Crippen LogP contribution in [0.3, 0.4) is 0 Å². The fourth-order valence-electron chi connectivity index (χ4n) is 4.89. The van der Waals surface area contributed by atoms with Gasteiger partial charge in [0.25, 0.3) is 11.5 Å². The number of ether oxygens (including phenoxy) is 1. The third-order valence-electron chi connectivity index (χ3n) is 6.83. The number of carbonyl (C=O) groups is 1. The molecule has 0 unspecified atom stereocenters. The molecule has 3 heterocycles. The van der Waals surface area contributed by atoms with Crippen molar-refractivity contribution in [3.8, 4) is 0 Å². The fourth-order valence-corrected chi connectivity index (χ4v) is 4.89. The van der Waals surface area contributed by atoms with Crippen LogP contribution in [0.25, 0.3) is 0 Å². The Hall–Kier alpha value is -2.85. The minimum atomic E-state index is -4.48. The van der Waals surface area contributed by atoms with E-state index in [2.05, 4.69) is 15.5 Å². The first-order valence-electron chi connectivity index (χ1n) is 11.8. The number of likely N-dealkylation sites (N-methyl/N-ethyl adjacent to an activating group) is 1. The van der Waals surface area contributed by atoms with Gasteiger partial charge in [-0.3, -0.25) is 9.59 Å². The fraction of sp³-hybridized carbons (Fsp3) is 0.520. The van der Waals surface area contributed by atoms with E-state index in [4.69, 9.17) is 4.74 Å². The molecule has 1 aromatic carbocycles. The summed E-state index contributed by atoms with van der Waals surface area (Å²) in [5.41, 5.74) is 0.270. The first-order chi connectivity index (χ1) is 16.5. The molecule has 7 nitrogen and oxygen atoms in total. The van der Waals surface area contributed by atoms with Crippen LogP contribution in [-0.4, -0.2) is 54.8 Å². The van der Waals surface area contributed by atoms with Gasteiger partial charge in [-0.05, 0) is 50.9 Å². The highest BCUT2D eigenvalue weighted by Crippen LogP contribution is 2.34. The van der Waals surface area contributed by atoms with E-state index in [1.165, 1.54) is 19.1 Å². The summed E-state index contributed by atoms with van der Waals surface area (Å²) in [4.78, 5) is 28.4. The Kier molecular flexibility index (Phi) is 7.23. The van der Waals surface area contributed by atoms with E-state index in [0.717, 1.165) is 19.2 Å². The molecule has 0 aliphatic carbocycles. The van der Waals surface area contributed by atoms with Crippen LogP contribution in [0.2, 0.25) is 0 Å². The van der Waals surface area contributed by atoms with Gasteiger partial charge in [-0.1, -0.05) is 12.1 Å². The molecule has 1 aromatic heterocycles. The molecule has 2 aliphatic rings. The number of anilines is 1. The molecule has 190 valence electrons. The van der Waals surface area contributed by atoms with Crippen molar-refractivity contribution in [1.82, 2.24) is 14.8 Å². The molecule has 35 heavy (non-hydrogen) atoms. The predicted octanol–water partition coefficient (Wildman–Crippen LogP) is 3.74. The van der Waals surface area contributed by atoms with Crippen LogP contribution in [0.15, 0.2) is 35.3 Å². The van der Waals surface area contributed by atoms with Gasteiger partial charge in [0, 0.05) is 44.6 Å². The van der Waals surface area contributed by atoms with Crippen LogP contribution < -0.4 is 16.2 Å². The zero-order valence-electron chi connectivity index (χ0n) is 20.1. The van der Waals surface area contributed by atoms with E-state index in [-0.39, 0.29) is 23.2 Å². The van der Waals surface area contributed by atoms with Gasteiger partial charge in [-0.2, -0.15) is 13.2 Å². The number of hydrogen-bond donors (Lipinski definition) is 2. The highest BCUT2D eigenvalue weighted by Gasteiger charge is 2.34. The van der Waals surface area contributed by atoms with Crippen LogP contribution >= 0.6 is 0 Å². The van der Waals surface area contributed by atoms with Crippen LogP contribution in [-0.2, 0) is 10.9 Å². The number of benzene rings is 1. The van der Waals surface area contributed by atoms with Crippen LogP contribution in [0.4, 0.5) is 18.9 Å². The van der Waals surface area contributed by atoms with Crippen LogP contribution in [0.1, 0.15) is 58.9 Å². The molecule has 1 amide bonds. The van der Waals surface area contributed by atoms with E-state index in [1.54, 1.807) is 23.8 Å². The van der Waals surface area contributed by atoms with Gasteiger partial charge in [0.2, 0.25) is 0 Å². The quantitative estimate of drug-likeness (QED) is 0.643. The van der Waals surface area contributed by atoms with Crippen molar-refractivity contribution in [2.45, 2.75) is 51.0 Å². The van der Waals surface area contributed by atoms with E-state index >= 15 is 0 Å². The lowest BCUT2D eigenvalue weighted by Crippen LogP contribution is -2.52. The molecular formula is C25H31F3N4O3. The summed E-state index contributed by atoms with van der Waals surface area (Å²) < 4.78 is 47.1. The summed E-state index contributed by atoms with van der Waals surface area (Å²) in [5, 5.41) is 6.14. The predicted molar refractivity (Wildman–Crippen MR) is 127 cm³/mol. The molecule has 2 fully saturated rings. The Morgan fingerprint density at radius 3 is 2.51 bits per heavy atom. The topological polar surface area (TPSA) is 75.6 Å². The minimum Gasteiger partial charge on any atom is -0.381 e. The van der Waals surface area contributed by atoms with Gasteiger partial charge in [-0.15, -0.1) is 0 Å². The number of rotatable bonds is 6. The largest absolute Gasteiger partial charge is 0.416 e.